The van der Waals surface area contributed by atoms with Crippen LogP contribution in [0, 0.1) is 11.7 Å². The average Bonchev–Trinajstić information content (AvgIpc) is 2.89. The number of rotatable bonds is 3. The molecule has 1 aliphatic rings. The molecule has 1 fully saturated rings. The molecule has 2 aromatic rings. The number of aromatic carboxylic acids is 1. The van der Waals surface area contributed by atoms with E-state index in [2.05, 4.69) is 23.8 Å². The number of carboxylic acids is 1. The minimum Gasteiger partial charge on any atom is -0.476 e. The molecule has 1 aliphatic heterocycles. The number of carbonyl (C=O) groups is 1. The molecule has 1 N–H and O–H groups in total. The molecule has 3 rings (SSSR count). The molecule has 0 aliphatic carbocycles. The fraction of sp³-hybridized carbons (Fsp3) is 0.333. The summed E-state index contributed by atoms with van der Waals surface area (Å²) >= 11 is 0. The molecule has 0 radical (unpaired) electrons. The zero-order valence-electron chi connectivity index (χ0n) is 11.8. The number of halogens is 1. The van der Waals surface area contributed by atoms with Crippen LogP contribution in [0.2, 0.25) is 0 Å². The number of benzene rings is 1. The number of hydrogen-bond donors (Lipinski definition) is 1. The van der Waals surface area contributed by atoms with E-state index in [1.54, 1.807) is 22.9 Å². The van der Waals surface area contributed by atoms with Crippen molar-refractivity contribution in [2.45, 2.75) is 19.9 Å². The Labute approximate surface area is 121 Å². The van der Waals surface area contributed by atoms with E-state index < -0.39 is 5.97 Å². The van der Waals surface area contributed by atoms with Crippen molar-refractivity contribution in [1.82, 2.24) is 9.78 Å². The third-order valence-electron chi connectivity index (χ3n) is 4.07. The topological polar surface area (TPSA) is 58.4 Å². The normalized spacial score (nSPS) is 21.2. The quantitative estimate of drug-likeness (QED) is 0.943. The van der Waals surface area contributed by atoms with Crippen molar-refractivity contribution in [3.63, 3.8) is 0 Å². The van der Waals surface area contributed by atoms with Crippen molar-refractivity contribution >= 4 is 11.8 Å². The Hall–Kier alpha value is -2.37. The molecule has 5 nitrogen and oxygen atoms in total. The van der Waals surface area contributed by atoms with Gasteiger partial charge >= 0.3 is 5.97 Å². The second kappa shape index (κ2) is 4.87. The highest BCUT2D eigenvalue weighted by Crippen LogP contribution is 2.32. The van der Waals surface area contributed by atoms with E-state index in [0.29, 0.717) is 17.6 Å². The van der Waals surface area contributed by atoms with E-state index in [0.717, 1.165) is 12.4 Å². The summed E-state index contributed by atoms with van der Waals surface area (Å²) in [5.74, 6) is -0.130. The van der Waals surface area contributed by atoms with Gasteiger partial charge in [0.1, 0.15) is 11.6 Å². The van der Waals surface area contributed by atoms with Crippen LogP contribution >= 0.6 is 0 Å². The van der Waals surface area contributed by atoms with Gasteiger partial charge in [-0.3, -0.25) is 0 Å². The van der Waals surface area contributed by atoms with E-state index in [1.165, 1.54) is 12.1 Å². The third kappa shape index (κ3) is 2.26. The van der Waals surface area contributed by atoms with Crippen molar-refractivity contribution in [2.75, 3.05) is 11.4 Å². The summed E-state index contributed by atoms with van der Waals surface area (Å²) in [6.07, 6.45) is 0. The van der Waals surface area contributed by atoms with Crippen molar-refractivity contribution in [1.29, 1.82) is 0 Å². The molecule has 21 heavy (non-hydrogen) atoms. The molecule has 0 spiro atoms. The van der Waals surface area contributed by atoms with E-state index >= 15 is 0 Å². The van der Waals surface area contributed by atoms with Crippen LogP contribution in [0.3, 0.4) is 0 Å². The van der Waals surface area contributed by atoms with E-state index in [-0.39, 0.29) is 11.5 Å². The summed E-state index contributed by atoms with van der Waals surface area (Å²) in [5, 5.41) is 13.3. The molecule has 1 aromatic carbocycles. The Bertz CT molecular complexity index is 681. The summed E-state index contributed by atoms with van der Waals surface area (Å²) in [5.41, 5.74) is 0.631. The molecule has 0 amide bonds. The lowest BCUT2D eigenvalue weighted by Crippen LogP contribution is -2.54. The van der Waals surface area contributed by atoms with Crippen LogP contribution in [0.4, 0.5) is 10.2 Å². The first-order chi connectivity index (χ1) is 9.97. The van der Waals surface area contributed by atoms with Gasteiger partial charge in [0.2, 0.25) is 0 Å². The second-order valence-corrected chi connectivity index (χ2v) is 5.45. The van der Waals surface area contributed by atoms with E-state index in [4.69, 9.17) is 5.11 Å². The fourth-order valence-corrected chi connectivity index (χ4v) is 2.55. The van der Waals surface area contributed by atoms with Gasteiger partial charge in [-0.1, -0.05) is 6.92 Å². The third-order valence-corrected chi connectivity index (χ3v) is 4.07. The van der Waals surface area contributed by atoms with Crippen molar-refractivity contribution < 1.29 is 14.3 Å². The van der Waals surface area contributed by atoms with Gasteiger partial charge in [-0.25, -0.2) is 13.9 Å². The maximum atomic E-state index is 13.1. The SMILES string of the molecule is C[C@@H]1[C@@H](C)CN1c1cc(C(=O)O)nn1-c1ccc(F)cc1. The van der Waals surface area contributed by atoms with E-state index in [1.807, 2.05) is 0 Å². The molecule has 1 aromatic heterocycles. The molecular weight excluding hydrogens is 273 g/mol. The zero-order valence-corrected chi connectivity index (χ0v) is 11.8. The summed E-state index contributed by atoms with van der Waals surface area (Å²) in [6.45, 7) is 5.10. The lowest BCUT2D eigenvalue weighted by atomic mass is 9.92. The van der Waals surface area contributed by atoms with Crippen LogP contribution in [0.25, 0.3) is 5.69 Å². The Morgan fingerprint density at radius 3 is 2.52 bits per heavy atom. The van der Waals surface area contributed by atoms with Crippen molar-refractivity contribution in [3.05, 3.63) is 41.8 Å². The molecule has 0 bridgehead atoms. The highest BCUT2D eigenvalue weighted by atomic mass is 19.1. The number of anilines is 1. The fourth-order valence-electron chi connectivity index (χ4n) is 2.55. The maximum absolute atomic E-state index is 13.1. The van der Waals surface area contributed by atoms with Crippen LogP contribution in [0.1, 0.15) is 24.3 Å². The van der Waals surface area contributed by atoms with Gasteiger partial charge in [-0.05, 0) is 37.1 Å². The van der Waals surface area contributed by atoms with Gasteiger partial charge in [0, 0.05) is 18.7 Å². The number of hydrogen-bond acceptors (Lipinski definition) is 3. The van der Waals surface area contributed by atoms with Gasteiger partial charge in [-0.2, -0.15) is 5.10 Å². The predicted molar refractivity (Wildman–Crippen MR) is 76.5 cm³/mol. The minimum atomic E-state index is -1.07. The number of nitrogens with zero attached hydrogens (tertiary/aromatic N) is 3. The first-order valence-electron chi connectivity index (χ1n) is 6.83. The van der Waals surface area contributed by atoms with Gasteiger partial charge in [0.25, 0.3) is 0 Å². The Morgan fingerprint density at radius 1 is 1.33 bits per heavy atom. The van der Waals surface area contributed by atoms with Gasteiger partial charge in [0.05, 0.1) is 5.69 Å². The summed E-state index contributed by atoms with van der Waals surface area (Å²) in [7, 11) is 0. The molecular formula is C15H16FN3O2. The van der Waals surface area contributed by atoms with Crippen LogP contribution < -0.4 is 4.90 Å². The minimum absolute atomic E-state index is 0.0129. The van der Waals surface area contributed by atoms with Crippen LogP contribution in [0.5, 0.6) is 0 Å². The van der Waals surface area contributed by atoms with Crippen LogP contribution in [-0.4, -0.2) is 33.4 Å². The second-order valence-electron chi connectivity index (χ2n) is 5.45. The van der Waals surface area contributed by atoms with Crippen LogP contribution in [0.15, 0.2) is 30.3 Å². The summed E-state index contributed by atoms with van der Waals surface area (Å²) in [4.78, 5) is 13.3. The highest BCUT2D eigenvalue weighted by Gasteiger charge is 2.35. The maximum Gasteiger partial charge on any atom is 0.356 e. The molecule has 0 unspecified atom stereocenters. The first-order valence-corrected chi connectivity index (χ1v) is 6.83. The largest absolute Gasteiger partial charge is 0.476 e. The predicted octanol–water partition coefficient (Wildman–Crippen LogP) is 2.55. The van der Waals surface area contributed by atoms with Crippen molar-refractivity contribution in [2.24, 2.45) is 5.92 Å². The summed E-state index contributed by atoms with van der Waals surface area (Å²) < 4.78 is 14.6. The van der Waals surface area contributed by atoms with Gasteiger partial charge in [-0.15, -0.1) is 0 Å². The zero-order chi connectivity index (χ0) is 15.1. The van der Waals surface area contributed by atoms with Gasteiger partial charge in [0.15, 0.2) is 5.69 Å². The Balaban J connectivity index is 2.06. The molecule has 2 atom stereocenters. The molecule has 0 saturated carbocycles. The van der Waals surface area contributed by atoms with Gasteiger partial charge < -0.3 is 10.0 Å². The molecule has 110 valence electrons. The summed E-state index contributed by atoms with van der Waals surface area (Å²) in [6, 6.07) is 7.74. The standard InChI is InChI=1S/C15H16FN3O2/c1-9-8-18(10(9)2)14-7-13(15(20)21)17-19(14)12-5-3-11(16)4-6-12/h3-7,9-10H,8H2,1-2H3,(H,20,21)/t9-,10+/m0/s1. The first kappa shape index (κ1) is 13.6. The van der Waals surface area contributed by atoms with E-state index in [9.17, 15) is 9.18 Å². The smallest absolute Gasteiger partial charge is 0.356 e. The number of carboxylic acid groups (broad SMARTS) is 1. The lowest BCUT2D eigenvalue weighted by molar-refractivity contribution is 0.0690. The molecule has 1 saturated heterocycles. The van der Waals surface area contributed by atoms with Crippen LogP contribution in [-0.2, 0) is 0 Å². The monoisotopic (exact) mass is 289 g/mol. The lowest BCUT2D eigenvalue weighted by Gasteiger charge is -2.46. The Morgan fingerprint density at radius 2 is 2.00 bits per heavy atom. The average molecular weight is 289 g/mol. The highest BCUT2D eigenvalue weighted by molar-refractivity contribution is 5.86. The molecule has 6 heteroatoms. The van der Waals surface area contributed by atoms with Crippen molar-refractivity contribution in [3.8, 4) is 5.69 Å². The number of aromatic nitrogens is 2. The Kier molecular flexibility index (Phi) is 3.16. The molecule has 2 heterocycles.